The van der Waals surface area contributed by atoms with Crippen LogP contribution in [-0.4, -0.2) is 53.3 Å². The van der Waals surface area contributed by atoms with Crippen LogP contribution in [0.2, 0.25) is 0 Å². The predicted molar refractivity (Wildman–Crippen MR) is 64.7 cm³/mol. The quantitative estimate of drug-likeness (QED) is 0.711. The van der Waals surface area contributed by atoms with Crippen LogP contribution in [0.4, 0.5) is 4.79 Å². The summed E-state index contributed by atoms with van der Waals surface area (Å²) in [5, 5.41) is 2.71. The Morgan fingerprint density at radius 1 is 1.39 bits per heavy atom. The molecule has 6 nitrogen and oxygen atoms in total. The highest BCUT2D eigenvalue weighted by Crippen LogP contribution is 2.30. The van der Waals surface area contributed by atoms with Gasteiger partial charge in [-0.3, -0.25) is 14.5 Å². The number of hydrogen-bond acceptors (Lipinski definition) is 3. The Bertz CT molecular complexity index is 377. The normalized spacial score (nSPS) is 19.9. The maximum atomic E-state index is 11.9. The van der Waals surface area contributed by atoms with Crippen LogP contribution in [-0.2, 0) is 9.59 Å². The molecule has 100 valence electrons. The first-order valence-electron chi connectivity index (χ1n) is 6.36. The topological polar surface area (TPSA) is 69.7 Å². The van der Waals surface area contributed by atoms with Crippen LogP contribution < -0.4 is 5.32 Å². The third-order valence-electron chi connectivity index (χ3n) is 3.08. The van der Waals surface area contributed by atoms with Crippen molar-refractivity contribution in [2.75, 3.05) is 19.6 Å². The van der Waals surface area contributed by atoms with Gasteiger partial charge >= 0.3 is 6.03 Å². The molecule has 4 amide bonds. The van der Waals surface area contributed by atoms with E-state index in [4.69, 9.17) is 0 Å². The molecule has 0 aromatic heterocycles. The second kappa shape index (κ2) is 4.96. The molecule has 0 aromatic carbocycles. The molecule has 0 aromatic rings. The Hall–Kier alpha value is -1.59. The molecule has 1 saturated carbocycles. The lowest BCUT2D eigenvalue weighted by atomic mass is 10.2. The van der Waals surface area contributed by atoms with E-state index in [9.17, 15) is 14.4 Å². The summed E-state index contributed by atoms with van der Waals surface area (Å²) in [6, 6.07) is -0.104. The van der Waals surface area contributed by atoms with Gasteiger partial charge in [-0.2, -0.15) is 0 Å². The smallest absolute Gasteiger partial charge is 0.327 e. The lowest BCUT2D eigenvalue weighted by molar-refractivity contribution is -0.130. The van der Waals surface area contributed by atoms with E-state index in [1.54, 1.807) is 4.90 Å². The molecule has 6 heteroatoms. The minimum atomic E-state index is -0.317. The van der Waals surface area contributed by atoms with Gasteiger partial charge in [-0.25, -0.2) is 4.79 Å². The predicted octanol–water partition coefficient (Wildman–Crippen LogP) is 0.185. The summed E-state index contributed by atoms with van der Waals surface area (Å²) >= 11 is 0. The number of hydrogen-bond donors (Lipinski definition) is 1. The van der Waals surface area contributed by atoms with Crippen molar-refractivity contribution in [2.45, 2.75) is 32.7 Å². The van der Waals surface area contributed by atoms with Gasteiger partial charge in [-0.05, 0) is 18.8 Å². The van der Waals surface area contributed by atoms with Gasteiger partial charge in [0.1, 0.15) is 13.1 Å². The number of urea groups is 1. The minimum Gasteiger partial charge on any atom is -0.354 e. The van der Waals surface area contributed by atoms with E-state index in [0.717, 1.165) is 17.7 Å². The summed E-state index contributed by atoms with van der Waals surface area (Å²) in [4.78, 5) is 37.8. The van der Waals surface area contributed by atoms with Crippen molar-refractivity contribution < 1.29 is 14.4 Å². The lowest BCUT2D eigenvalue weighted by Gasteiger charge is -2.16. The van der Waals surface area contributed by atoms with Crippen LogP contribution in [0, 0.1) is 5.92 Å². The molecule has 1 heterocycles. The molecule has 0 atom stereocenters. The maximum Gasteiger partial charge on any atom is 0.327 e. The number of carbonyl (C=O) groups excluding carboxylic acids is 3. The fourth-order valence-electron chi connectivity index (χ4n) is 1.91. The van der Waals surface area contributed by atoms with Crippen molar-refractivity contribution in [1.29, 1.82) is 0 Å². The zero-order valence-electron chi connectivity index (χ0n) is 10.8. The third kappa shape index (κ3) is 2.80. The molecule has 2 fully saturated rings. The second-order valence-corrected chi connectivity index (χ2v) is 5.32. The molecule has 0 radical (unpaired) electrons. The summed E-state index contributed by atoms with van der Waals surface area (Å²) in [5.74, 6) is -0.198. The molecule has 1 aliphatic carbocycles. The second-order valence-electron chi connectivity index (χ2n) is 5.32. The molecular weight excluding hydrogens is 234 g/mol. The fraction of sp³-hybridized carbons (Fsp3) is 0.750. The van der Waals surface area contributed by atoms with Crippen LogP contribution >= 0.6 is 0 Å². The highest BCUT2D eigenvalue weighted by Gasteiger charge is 2.44. The average Bonchev–Trinajstić information content (AvgIpc) is 3.09. The van der Waals surface area contributed by atoms with Crippen LogP contribution in [0.1, 0.15) is 26.7 Å². The molecule has 0 spiro atoms. The van der Waals surface area contributed by atoms with Gasteiger partial charge in [0, 0.05) is 12.6 Å². The number of nitrogens with one attached hydrogen (secondary N) is 1. The Kier molecular flexibility index (Phi) is 3.54. The first kappa shape index (κ1) is 12.9. The van der Waals surface area contributed by atoms with Gasteiger partial charge in [-0.1, -0.05) is 13.8 Å². The van der Waals surface area contributed by atoms with Crippen molar-refractivity contribution in [3.8, 4) is 0 Å². The van der Waals surface area contributed by atoms with Gasteiger partial charge in [0.05, 0.1) is 0 Å². The minimum absolute atomic E-state index is 0.126. The van der Waals surface area contributed by atoms with E-state index < -0.39 is 0 Å². The Morgan fingerprint density at radius 2 is 2.06 bits per heavy atom. The maximum absolute atomic E-state index is 11.9. The van der Waals surface area contributed by atoms with E-state index in [0.29, 0.717) is 12.5 Å². The van der Waals surface area contributed by atoms with Crippen LogP contribution in [0.25, 0.3) is 0 Å². The highest BCUT2D eigenvalue weighted by atomic mass is 16.2. The van der Waals surface area contributed by atoms with Gasteiger partial charge in [0.2, 0.25) is 5.91 Å². The Morgan fingerprint density at radius 3 is 2.61 bits per heavy atom. The molecule has 2 aliphatic rings. The fourth-order valence-corrected chi connectivity index (χ4v) is 1.91. The summed E-state index contributed by atoms with van der Waals surface area (Å²) in [7, 11) is 0. The van der Waals surface area contributed by atoms with E-state index in [2.05, 4.69) is 5.32 Å². The number of nitrogens with zero attached hydrogens (tertiary/aromatic N) is 2. The number of amides is 4. The van der Waals surface area contributed by atoms with Gasteiger partial charge in [0.25, 0.3) is 5.91 Å². The zero-order valence-corrected chi connectivity index (χ0v) is 10.8. The molecule has 2 rings (SSSR count). The third-order valence-corrected chi connectivity index (χ3v) is 3.08. The first-order valence-corrected chi connectivity index (χ1v) is 6.36. The first-order chi connectivity index (χ1) is 8.49. The molecule has 1 saturated heterocycles. The zero-order chi connectivity index (χ0) is 13.3. The average molecular weight is 253 g/mol. The van der Waals surface area contributed by atoms with Crippen molar-refractivity contribution in [3.05, 3.63) is 0 Å². The SMILES string of the molecule is CC(C)CNC(=O)CN1C(=O)CN(C2CC2)C1=O. The van der Waals surface area contributed by atoms with Crippen molar-refractivity contribution in [3.63, 3.8) is 0 Å². The monoisotopic (exact) mass is 253 g/mol. The lowest BCUT2D eigenvalue weighted by Crippen LogP contribution is -2.42. The standard InChI is InChI=1S/C12H19N3O3/c1-8(2)5-13-10(16)6-15-11(17)7-14(12(15)18)9-3-4-9/h8-9H,3-7H2,1-2H3,(H,13,16). The van der Waals surface area contributed by atoms with Crippen molar-refractivity contribution in [1.82, 2.24) is 15.1 Å². The van der Waals surface area contributed by atoms with E-state index >= 15 is 0 Å². The number of rotatable bonds is 5. The van der Waals surface area contributed by atoms with E-state index in [1.807, 2.05) is 13.8 Å². The van der Waals surface area contributed by atoms with Gasteiger partial charge in [0.15, 0.2) is 0 Å². The summed E-state index contributed by atoms with van der Waals surface area (Å²) in [5.41, 5.74) is 0. The van der Waals surface area contributed by atoms with Crippen molar-refractivity contribution >= 4 is 17.8 Å². The summed E-state index contributed by atoms with van der Waals surface area (Å²) in [6.07, 6.45) is 1.93. The highest BCUT2D eigenvalue weighted by molar-refractivity contribution is 6.04. The largest absolute Gasteiger partial charge is 0.354 e. The van der Waals surface area contributed by atoms with E-state index in [-0.39, 0.29) is 37.0 Å². The Labute approximate surface area is 106 Å². The number of carbonyl (C=O) groups is 3. The molecule has 1 aliphatic heterocycles. The molecular formula is C12H19N3O3. The van der Waals surface area contributed by atoms with Gasteiger partial charge in [-0.15, -0.1) is 0 Å². The van der Waals surface area contributed by atoms with Crippen molar-refractivity contribution in [2.24, 2.45) is 5.92 Å². The van der Waals surface area contributed by atoms with Crippen LogP contribution in [0.15, 0.2) is 0 Å². The summed E-state index contributed by atoms with van der Waals surface area (Å²) < 4.78 is 0. The Balaban J connectivity index is 1.86. The van der Waals surface area contributed by atoms with Crippen LogP contribution in [0.5, 0.6) is 0 Å². The molecule has 1 N–H and O–H groups in total. The van der Waals surface area contributed by atoms with Crippen LogP contribution in [0.3, 0.4) is 0 Å². The molecule has 0 unspecified atom stereocenters. The molecule has 18 heavy (non-hydrogen) atoms. The molecule has 0 bridgehead atoms. The van der Waals surface area contributed by atoms with Gasteiger partial charge < -0.3 is 10.2 Å². The summed E-state index contributed by atoms with van der Waals surface area (Å²) in [6.45, 7) is 4.50. The number of imide groups is 1. The van der Waals surface area contributed by atoms with E-state index in [1.165, 1.54) is 0 Å².